The lowest BCUT2D eigenvalue weighted by atomic mass is 10.1. The van der Waals surface area contributed by atoms with Gasteiger partial charge in [0.15, 0.2) is 0 Å². The van der Waals surface area contributed by atoms with Gasteiger partial charge in [0.2, 0.25) is 0 Å². The standard InChI is InChI=1S/C19H16FN3O/c20-15-4-1-3-14(11-15)19(24)22-16-8-6-13(7-9-16)17-12-21-18-5-2-10-23(17)18/h1,3-4,6-9,11-12H,2,5,10H2,(H,22,24). The maximum atomic E-state index is 13.2. The lowest BCUT2D eigenvalue weighted by Gasteiger charge is -2.08. The van der Waals surface area contributed by atoms with Gasteiger partial charge in [-0.2, -0.15) is 0 Å². The molecule has 0 unspecified atom stereocenters. The van der Waals surface area contributed by atoms with Crippen LogP contribution in [0.2, 0.25) is 0 Å². The van der Waals surface area contributed by atoms with Crippen molar-refractivity contribution in [3.8, 4) is 11.3 Å². The molecule has 2 heterocycles. The van der Waals surface area contributed by atoms with Gasteiger partial charge in [-0.1, -0.05) is 18.2 Å². The van der Waals surface area contributed by atoms with E-state index in [-0.39, 0.29) is 5.91 Å². The van der Waals surface area contributed by atoms with Crippen LogP contribution in [0.4, 0.5) is 10.1 Å². The van der Waals surface area contributed by atoms with E-state index in [4.69, 9.17) is 0 Å². The minimum atomic E-state index is -0.424. The second-order valence-electron chi connectivity index (χ2n) is 5.86. The molecule has 1 N–H and O–H groups in total. The fourth-order valence-corrected chi connectivity index (χ4v) is 3.05. The molecule has 2 aromatic carbocycles. The maximum absolute atomic E-state index is 13.2. The third kappa shape index (κ3) is 2.69. The average Bonchev–Trinajstić information content (AvgIpc) is 3.19. The van der Waals surface area contributed by atoms with Crippen molar-refractivity contribution in [3.63, 3.8) is 0 Å². The molecule has 3 aromatic rings. The highest BCUT2D eigenvalue weighted by Crippen LogP contribution is 2.26. The SMILES string of the molecule is O=C(Nc1ccc(-c2cnc3n2CCC3)cc1)c1cccc(F)c1. The Morgan fingerprint density at radius 3 is 2.79 bits per heavy atom. The zero-order valence-corrected chi connectivity index (χ0v) is 13.0. The van der Waals surface area contributed by atoms with Gasteiger partial charge in [-0.05, 0) is 42.3 Å². The summed E-state index contributed by atoms with van der Waals surface area (Å²) in [4.78, 5) is 16.6. The molecule has 4 nitrogen and oxygen atoms in total. The summed E-state index contributed by atoms with van der Waals surface area (Å²) in [7, 11) is 0. The Hall–Kier alpha value is -2.95. The van der Waals surface area contributed by atoms with Crippen molar-refractivity contribution in [1.29, 1.82) is 0 Å². The van der Waals surface area contributed by atoms with E-state index < -0.39 is 5.82 Å². The number of amides is 1. The molecule has 0 saturated carbocycles. The molecule has 1 aromatic heterocycles. The fourth-order valence-electron chi connectivity index (χ4n) is 3.05. The number of carbonyl (C=O) groups excluding carboxylic acids is 1. The minimum Gasteiger partial charge on any atom is -0.328 e. The Morgan fingerprint density at radius 1 is 1.17 bits per heavy atom. The first kappa shape index (κ1) is 14.6. The van der Waals surface area contributed by atoms with E-state index in [0.717, 1.165) is 36.5 Å². The van der Waals surface area contributed by atoms with Crippen LogP contribution in [0.1, 0.15) is 22.6 Å². The van der Waals surface area contributed by atoms with E-state index in [1.54, 1.807) is 6.07 Å². The molecule has 0 radical (unpaired) electrons. The predicted molar refractivity (Wildman–Crippen MR) is 90.3 cm³/mol. The van der Waals surface area contributed by atoms with Gasteiger partial charge >= 0.3 is 0 Å². The average molecular weight is 321 g/mol. The molecule has 1 amide bonds. The van der Waals surface area contributed by atoms with Gasteiger partial charge in [0, 0.05) is 24.2 Å². The number of fused-ring (bicyclic) bond motifs is 1. The van der Waals surface area contributed by atoms with E-state index in [0.29, 0.717) is 11.3 Å². The van der Waals surface area contributed by atoms with Crippen LogP contribution in [0.15, 0.2) is 54.7 Å². The third-order valence-electron chi connectivity index (χ3n) is 4.25. The Bertz CT molecular complexity index is 899. The second-order valence-corrected chi connectivity index (χ2v) is 5.86. The molecule has 0 bridgehead atoms. The van der Waals surface area contributed by atoms with Crippen molar-refractivity contribution < 1.29 is 9.18 Å². The van der Waals surface area contributed by atoms with E-state index in [1.165, 1.54) is 18.2 Å². The summed E-state index contributed by atoms with van der Waals surface area (Å²) in [6.07, 6.45) is 4.06. The largest absolute Gasteiger partial charge is 0.328 e. The Balaban J connectivity index is 1.53. The number of rotatable bonds is 3. The zero-order valence-electron chi connectivity index (χ0n) is 13.0. The van der Waals surface area contributed by atoms with Crippen molar-refractivity contribution in [2.75, 3.05) is 5.32 Å². The smallest absolute Gasteiger partial charge is 0.255 e. The molecule has 1 aliphatic rings. The number of nitrogens with one attached hydrogen (secondary N) is 1. The summed E-state index contributed by atoms with van der Waals surface area (Å²) in [5.74, 6) is 0.383. The van der Waals surface area contributed by atoms with Gasteiger partial charge in [0.1, 0.15) is 11.6 Å². The van der Waals surface area contributed by atoms with Crippen LogP contribution in [0.25, 0.3) is 11.3 Å². The summed E-state index contributed by atoms with van der Waals surface area (Å²) in [5.41, 5.74) is 3.15. The zero-order chi connectivity index (χ0) is 16.5. The minimum absolute atomic E-state index is 0.299. The molecule has 0 spiro atoms. The van der Waals surface area contributed by atoms with Crippen LogP contribution in [-0.2, 0) is 13.0 Å². The molecule has 0 fully saturated rings. The molecule has 120 valence electrons. The van der Waals surface area contributed by atoms with Crippen molar-refractivity contribution in [2.45, 2.75) is 19.4 Å². The fraction of sp³-hybridized carbons (Fsp3) is 0.158. The van der Waals surface area contributed by atoms with Crippen LogP contribution >= 0.6 is 0 Å². The van der Waals surface area contributed by atoms with Crippen LogP contribution in [0, 0.1) is 5.82 Å². The highest BCUT2D eigenvalue weighted by molar-refractivity contribution is 6.04. The number of hydrogen-bond acceptors (Lipinski definition) is 2. The molecular weight excluding hydrogens is 305 g/mol. The van der Waals surface area contributed by atoms with E-state index >= 15 is 0 Å². The quantitative estimate of drug-likeness (QED) is 0.795. The number of anilines is 1. The predicted octanol–water partition coefficient (Wildman–Crippen LogP) is 3.89. The van der Waals surface area contributed by atoms with Gasteiger partial charge in [-0.25, -0.2) is 9.37 Å². The van der Waals surface area contributed by atoms with E-state index in [1.807, 2.05) is 30.5 Å². The number of nitrogens with zero attached hydrogens (tertiary/aromatic N) is 2. The summed E-state index contributed by atoms with van der Waals surface area (Å²) in [5, 5.41) is 2.78. The molecule has 24 heavy (non-hydrogen) atoms. The number of imidazole rings is 1. The second kappa shape index (κ2) is 5.92. The molecule has 0 aliphatic carbocycles. The molecule has 0 atom stereocenters. The summed E-state index contributed by atoms with van der Waals surface area (Å²) >= 11 is 0. The molecule has 1 aliphatic heterocycles. The van der Waals surface area contributed by atoms with Crippen molar-refractivity contribution in [1.82, 2.24) is 9.55 Å². The van der Waals surface area contributed by atoms with Crippen molar-refractivity contribution >= 4 is 11.6 Å². The number of halogens is 1. The van der Waals surface area contributed by atoms with Crippen LogP contribution in [0.5, 0.6) is 0 Å². The first-order chi connectivity index (χ1) is 11.7. The number of hydrogen-bond donors (Lipinski definition) is 1. The van der Waals surface area contributed by atoms with Crippen molar-refractivity contribution in [3.05, 3.63) is 71.9 Å². The normalized spacial score (nSPS) is 12.9. The van der Waals surface area contributed by atoms with E-state index in [2.05, 4.69) is 14.9 Å². The Kier molecular flexibility index (Phi) is 3.61. The lowest BCUT2D eigenvalue weighted by molar-refractivity contribution is 0.102. The van der Waals surface area contributed by atoms with Gasteiger partial charge in [0.05, 0.1) is 11.9 Å². The van der Waals surface area contributed by atoms with Crippen LogP contribution < -0.4 is 5.32 Å². The molecule has 4 rings (SSSR count). The highest BCUT2D eigenvalue weighted by Gasteiger charge is 2.16. The van der Waals surface area contributed by atoms with Crippen LogP contribution in [0.3, 0.4) is 0 Å². The Labute approximate surface area is 139 Å². The number of benzene rings is 2. The number of aromatic nitrogens is 2. The van der Waals surface area contributed by atoms with Gasteiger partial charge in [-0.3, -0.25) is 4.79 Å². The van der Waals surface area contributed by atoms with E-state index in [9.17, 15) is 9.18 Å². The summed E-state index contributed by atoms with van der Waals surface area (Å²) in [6, 6.07) is 13.3. The van der Waals surface area contributed by atoms with Crippen LogP contribution in [-0.4, -0.2) is 15.5 Å². The monoisotopic (exact) mass is 321 g/mol. The lowest BCUT2D eigenvalue weighted by Crippen LogP contribution is -2.11. The summed E-state index contributed by atoms with van der Waals surface area (Å²) in [6.45, 7) is 1.00. The number of aryl methyl sites for hydroxylation is 1. The maximum Gasteiger partial charge on any atom is 0.255 e. The highest BCUT2D eigenvalue weighted by atomic mass is 19.1. The Morgan fingerprint density at radius 2 is 2.00 bits per heavy atom. The summed E-state index contributed by atoms with van der Waals surface area (Å²) < 4.78 is 15.4. The van der Waals surface area contributed by atoms with Gasteiger partial charge in [0.25, 0.3) is 5.91 Å². The molecule has 5 heteroatoms. The number of carbonyl (C=O) groups is 1. The molecular formula is C19H16FN3O. The van der Waals surface area contributed by atoms with Gasteiger partial charge in [-0.15, -0.1) is 0 Å². The third-order valence-corrected chi connectivity index (χ3v) is 4.25. The molecule has 0 saturated heterocycles. The van der Waals surface area contributed by atoms with Gasteiger partial charge < -0.3 is 9.88 Å². The first-order valence-corrected chi connectivity index (χ1v) is 7.92. The topological polar surface area (TPSA) is 46.9 Å². The first-order valence-electron chi connectivity index (χ1n) is 7.92. The van der Waals surface area contributed by atoms with Crippen molar-refractivity contribution in [2.24, 2.45) is 0 Å².